The van der Waals surface area contributed by atoms with Crippen LogP contribution < -0.4 is 0 Å². The summed E-state index contributed by atoms with van der Waals surface area (Å²) in [5.41, 5.74) is 1.64. The smallest absolute Gasteiger partial charge is 0.140 e. The van der Waals surface area contributed by atoms with Crippen LogP contribution in [0.3, 0.4) is 0 Å². The van der Waals surface area contributed by atoms with Gasteiger partial charge in [0.25, 0.3) is 0 Å². The van der Waals surface area contributed by atoms with E-state index in [4.69, 9.17) is 23.2 Å². The summed E-state index contributed by atoms with van der Waals surface area (Å²) < 4.78 is 14.0. The van der Waals surface area contributed by atoms with Gasteiger partial charge in [-0.2, -0.15) is 0 Å². The molecule has 1 N–H and O–H groups in total. The van der Waals surface area contributed by atoms with Crippen molar-refractivity contribution in [3.8, 4) is 0 Å². The van der Waals surface area contributed by atoms with Crippen LogP contribution in [-0.2, 0) is 11.2 Å². The highest BCUT2D eigenvalue weighted by atomic mass is 35.5. The SMILES string of the molecule is O=C(CCc1c(F)cc(Cl)cc1Cl)[C@@H]1CC[C@@H](O)c2ncccc21. The first-order valence-corrected chi connectivity index (χ1v) is 8.52. The van der Waals surface area contributed by atoms with Crippen molar-refractivity contribution < 1.29 is 14.3 Å². The summed E-state index contributed by atoms with van der Waals surface area (Å²) in [7, 11) is 0. The van der Waals surface area contributed by atoms with Crippen molar-refractivity contribution in [2.45, 2.75) is 37.7 Å². The largest absolute Gasteiger partial charge is 0.387 e. The summed E-state index contributed by atoms with van der Waals surface area (Å²) in [6.45, 7) is 0. The lowest BCUT2D eigenvalue weighted by Crippen LogP contribution is -2.22. The van der Waals surface area contributed by atoms with Crippen molar-refractivity contribution in [1.82, 2.24) is 4.98 Å². The van der Waals surface area contributed by atoms with E-state index in [2.05, 4.69) is 4.98 Å². The van der Waals surface area contributed by atoms with E-state index in [0.29, 0.717) is 24.1 Å². The Balaban J connectivity index is 1.76. The second-order valence-electron chi connectivity index (χ2n) is 5.94. The molecule has 3 rings (SSSR count). The average Bonchev–Trinajstić information content (AvgIpc) is 2.54. The normalized spacial score (nSPS) is 19.8. The van der Waals surface area contributed by atoms with Gasteiger partial charge in [0.2, 0.25) is 0 Å². The third-order valence-electron chi connectivity index (χ3n) is 4.41. The van der Waals surface area contributed by atoms with Gasteiger partial charge in [-0.25, -0.2) is 4.39 Å². The molecule has 1 aliphatic carbocycles. The molecule has 1 aromatic heterocycles. The Labute approximate surface area is 149 Å². The summed E-state index contributed by atoms with van der Waals surface area (Å²) in [4.78, 5) is 16.8. The van der Waals surface area contributed by atoms with Gasteiger partial charge in [-0.1, -0.05) is 29.3 Å². The minimum absolute atomic E-state index is 0.00145. The molecule has 0 amide bonds. The van der Waals surface area contributed by atoms with Gasteiger partial charge in [0.1, 0.15) is 11.6 Å². The van der Waals surface area contributed by atoms with Gasteiger partial charge >= 0.3 is 0 Å². The van der Waals surface area contributed by atoms with E-state index in [0.717, 1.165) is 5.56 Å². The lowest BCUT2D eigenvalue weighted by atomic mass is 9.80. The Bertz CT molecular complexity index is 758. The molecule has 126 valence electrons. The molecular weight excluding hydrogens is 352 g/mol. The highest BCUT2D eigenvalue weighted by Crippen LogP contribution is 2.37. The third-order valence-corrected chi connectivity index (χ3v) is 4.96. The van der Waals surface area contributed by atoms with Gasteiger partial charge in [0, 0.05) is 34.1 Å². The standard InChI is InChI=1S/C18H16Cl2FNO2/c19-10-8-14(20)13(15(21)9-10)4-5-16(23)11-3-6-17(24)18-12(11)2-1-7-22-18/h1-2,7-9,11,17,24H,3-6H2/t11-,17-/m1/s1. The molecule has 24 heavy (non-hydrogen) atoms. The molecule has 0 fully saturated rings. The number of ketones is 1. The van der Waals surface area contributed by atoms with Crippen LogP contribution in [0, 0.1) is 5.82 Å². The third kappa shape index (κ3) is 3.46. The Kier molecular flexibility index (Phi) is 5.18. The van der Waals surface area contributed by atoms with Gasteiger partial charge in [-0.15, -0.1) is 0 Å². The molecule has 1 heterocycles. The summed E-state index contributed by atoms with van der Waals surface area (Å²) in [5.74, 6) is -0.811. The Morgan fingerprint density at radius 2 is 2.12 bits per heavy atom. The van der Waals surface area contributed by atoms with E-state index >= 15 is 0 Å². The number of fused-ring (bicyclic) bond motifs is 1. The Morgan fingerprint density at radius 1 is 1.33 bits per heavy atom. The lowest BCUT2D eigenvalue weighted by molar-refractivity contribution is -0.121. The first-order valence-electron chi connectivity index (χ1n) is 7.76. The topological polar surface area (TPSA) is 50.2 Å². The van der Waals surface area contributed by atoms with Crippen LogP contribution in [0.1, 0.15) is 48.1 Å². The van der Waals surface area contributed by atoms with E-state index < -0.39 is 11.9 Å². The zero-order chi connectivity index (χ0) is 17.3. The number of aliphatic hydroxyl groups is 1. The van der Waals surface area contributed by atoms with Gasteiger partial charge in [0.15, 0.2) is 0 Å². The number of hydrogen-bond acceptors (Lipinski definition) is 3. The van der Waals surface area contributed by atoms with Crippen molar-refractivity contribution in [1.29, 1.82) is 0 Å². The van der Waals surface area contributed by atoms with E-state index in [1.807, 2.05) is 6.07 Å². The van der Waals surface area contributed by atoms with Crippen LogP contribution in [0.5, 0.6) is 0 Å². The minimum Gasteiger partial charge on any atom is -0.387 e. The number of benzene rings is 1. The van der Waals surface area contributed by atoms with Crippen molar-refractivity contribution >= 4 is 29.0 Å². The van der Waals surface area contributed by atoms with Gasteiger partial charge in [0.05, 0.1) is 11.8 Å². The first-order chi connectivity index (χ1) is 11.5. The highest BCUT2D eigenvalue weighted by Gasteiger charge is 2.31. The molecule has 1 aromatic carbocycles. The van der Waals surface area contributed by atoms with Gasteiger partial charge < -0.3 is 5.11 Å². The molecular formula is C18H16Cl2FNO2. The molecule has 6 heteroatoms. The maximum absolute atomic E-state index is 14.0. The highest BCUT2D eigenvalue weighted by molar-refractivity contribution is 6.35. The number of carbonyl (C=O) groups is 1. The van der Waals surface area contributed by atoms with Crippen LogP contribution >= 0.6 is 23.2 Å². The molecule has 1 aliphatic rings. The summed E-state index contributed by atoms with van der Waals surface area (Å²) in [5, 5.41) is 10.5. The Morgan fingerprint density at radius 3 is 2.88 bits per heavy atom. The number of aliphatic hydroxyl groups excluding tert-OH is 1. The van der Waals surface area contributed by atoms with E-state index in [1.54, 1.807) is 12.3 Å². The maximum atomic E-state index is 14.0. The number of carbonyl (C=O) groups excluding carboxylic acids is 1. The fourth-order valence-corrected chi connectivity index (χ4v) is 3.75. The number of pyridine rings is 1. The zero-order valence-corrected chi connectivity index (χ0v) is 14.3. The number of hydrogen-bond donors (Lipinski definition) is 1. The fourth-order valence-electron chi connectivity index (χ4n) is 3.19. The summed E-state index contributed by atoms with van der Waals surface area (Å²) in [6.07, 6.45) is 2.43. The van der Waals surface area contributed by atoms with Crippen LogP contribution in [-0.4, -0.2) is 15.9 Å². The number of aromatic nitrogens is 1. The summed E-state index contributed by atoms with van der Waals surface area (Å²) in [6, 6.07) is 6.25. The van der Waals surface area contributed by atoms with E-state index in [9.17, 15) is 14.3 Å². The second kappa shape index (κ2) is 7.18. The molecule has 0 spiro atoms. The molecule has 0 saturated carbocycles. The van der Waals surface area contributed by atoms with Crippen molar-refractivity contribution in [2.75, 3.05) is 0 Å². The maximum Gasteiger partial charge on any atom is 0.140 e. The quantitative estimate of drug-likeness (QED) is 0.855. The van der Waals surface area contributed by atoms with Crippen LogP contribution in [0.2, 0.25) is 10.0 Å². The second-order valence-corrected chi connectivity index (χ2v) is 6.78. The molecule has 0 radical (unpaired) electrons. The van der Waals surface area contributed by atoms with Crippen molar-refractivity contribution in [3.63, 3.8) is 0 Å². The first kappa shape index (κ1) is 17.3. The minimum atomic E-state index is -0.631. The molecule has 3 nitrogen and oxygen atoms in total. The Hall–Kier alpha value is -1.49. The van der Waals surface area contributed by atoms with Crippen LogP contribution in [0.4, 0.5) is 4.39 Å². The zero-order valence-electron chi connectivity index (χ0n) is 12.8. The van der Waals surface area contributed by atoms with E-state index in [-0.39, 0.29) is 34.6 Å². The molecule has 2 atom stereocenters. The predicted octanol–water partition coefficient (Wildman–Crippen LogP) is 4.64. The predicted molar refractivity (Wildman–Crippen MR) is 90.9 cm³/mol. The average molecular weight is 368 g/mol. The fraction of sp³-hybridized carbons (Fsp3) is 0.333. The van der Waals surface area contributed by atoms with Crippen LogP contribution in [0.25, 0.3) is 0 Å². The monoisotopic (exact) mass is 367 g/mol. The number of rotatable bonds is 4. The molecule has 0 saturated heterocycles. The molecule has 2 aromatic rings. The van der Waals surface area contributed by atoms with Crippen LogP contribution in [0.15, 0.2) is 30.5 Å². The molecule has 0 bridgehead atoms. The number of nitrogens with zero attached hydrogens (tertiary/aromatic N) is 1. The van der Waals surface area contributed by atoms with Gasteiger partial charge in [-0.3, -0.25) is 9.78 Å². The molecule has 0 unspecified atom stereocenters. The van der Waals surface area contributed by atoms with Gasteiger partial charge in [-0.05, 0) is 43.0 Å². The van der Waals surface area contributed by atoms with Crippen molar-refractivity contribution in [2.24, 2.45) is 0 Å². The number of halogens is 3. The van der Waals surface area contributed by atoms with E-state index in [1.165, 1.54) is 12.1 Å². The summed E-state index contributed by atoms with van der Waals surface area (Å²) >= 11 is 11.8. The molecule has 0 aliphatic heterocycles. The van der Waals surface area contributed by atoms with Crippen molar-refractivity contribution in [3.05, 3.63) is 63.1 Å². The number of Topliss-reactive ketones (excluding diaryl/α,β-unsaturated/α-hetero) is 1. The lowest BCUT2D eigenvalue weighted by Gasteiger charge is -2.27.